The lowest BCUT2D eigenvalue weighted by Gasteiger charge is -2.26. The first-order valence-corrected chi connectivity index (χ1v) is 8.67. The van der Waals surface area contributed by atoms with E-state index in [0.717, 1.165) is 11.1 Å². The molecule has 27 heavy (non-hydrogen) atoms. The van der Waals surface area contributed by atoms with Gasteiger partial charge in [0, 0.05) is 30.5 Å². The molecule has 0 spiro atoms. The number of carbonyl (C=O) groups excluding carboxylic acids is 3. The molecule has 0 aliphatic carbocycles. The standard InChI is InChI=1S/C21H21N3O3/c1-3-19(25)22-15-7-4-6-14(12-15)13-20(26)23-18-9-5-8-17-16(18)10-11-24(2)21(17)27/h3-9,12H,1,10-11,13H2,2H3,(H,22,25)(H,23,26). The second kappa shape index (κ2) is 7.86. The number of nitrogens with zero attached hydrogens (tertiary/aromatic N) is 1. The van der Waals surface area contributed by atoms with E-state index in [0.29, 0.717) is 29.9 Å². The number of anilines is 2. The Morgan fingerprint density at radius 3 is 2.74 bits per heavy atom. The largest absolute Gasteiger partial charge is 0.341 e. The van der Waals surface area contributed by atoms with Crippen molar-refractivity contribution in [2.24, 2.45) is 0 Å². The van der Waals surface area contributed by atoms with Gasteiger partial charge in [0.2, 0.25) is 11.8 Å². The summed E-state index contributed by atoms with van der Waals surface area (Å²) in [6.07, 6.45) is 2.06. The number of rotatable bonds is 5. The smallest absolute Gasteiger partial charge is 0.253 e. The van der Waals surface area contributed by atoms with E-state index in [4.69, 9.17) is 0 Å². The van der Waals surface area contributed by atoms with Crippen LogP contribution >= 0.6 is 0 Å². The normalized spacial score (nSPS) is 12.9. The zero-order valence-corrected chi connectivity index (χ0v) is 15.1. The molecule has 2 aromatic carbocycles. The van der Waals surface area contributed by atoms with Gasteiger partial charge in [0.15, 0.2) is 0 Å². The Hall–Kier alpha value is -3.41. The van der Waals surface area contributed by atoms with E-state index in [1.807, 2.05) is 12.1 Å². The van der Waals surface area contributed by atoms with Crippen molar-refractivity contribution in [3.8, 4) is 0 Å². The summed E-state index contributed by atoms with van der Waals surface area (Å²) in [5.41, 5.74) is 3.57. The van der Waals surface area contributed by atoms with Gasteiger partial charge in [0.25, 0.3) is 5.91 Å². The van der Waals surface area contributed by atoms with Crippen LogP contribution in [0.1, 0.15) is 21.5 Å². The molecule has 0 aromatic heterocycles. The van der Waals surface area contributed by atoms with Crippen molar-refractivity contribution < 1.29 is 14.4 Å². The summed E-state index contributed by atoms with van der Waals surface area (Å²) in [7, 11) is 1.77. The van der Waals surface area contributed by atoms with Gasteiger partial charge in [-0.2, -0.15) is 0 Å². The third-order valence-electron chi connectivity index (χ3n) is 4.47. The molecule has 138 valence electrons. The molecular formula is C21H21N3O3. The molecule has 1 aliphatic heterocycles. The van der Waals surface area contributed by atoms with Crippen molar-refractivity contribution in [3.63, 3.8) is 0 Å². The molecule has 2 aromatic rings. The molecule has 2 N–H and O–H groups in total. The summed E-state index contributed by atoms with van der Waals surface area (Å²) in [5.74, 6) is -0.512. The van der Waals surface area contributed by atoms with E-state index in [9.17, 15) is 14.4 Å². The van der Waals surface area contributed by atoms with Gasteiger partial charge in [-0.25, -0.2) is 0 Å². The monoisotopic (exact) mass is 363 g/mol. The van der Waals surface area contributed by atoms with Crippen molar-refractivity contribution in [1.29, 1.82) is 0 Å². The zero-order chi connectivity index (χ0) is 19.4. The lowest BCUT2D eigenvalue weighted by atomic mass is 9.97. The highest BCUT2D eigenvalue weighted by atomic mass is 16.2. The summed E-state index contributed by atoms with van der Waals surface area (Å²) < 4.78 is 0. The third-order valence-corrected chi connectivity index (χ3v) is 4.47. The van der Waals surface area contributed by atoms with E-state index < -0.39 is 0 Å². The summed E-state index contributed by atoms with van der Waals surface area (Å²) in [5, 5.41) is 5.59. The van der Waals surface area contributed by atoms with Crippen LogP contribution in [0.5, 0.6) is 0 Å². The minimum atomic E-state index is -0.304. The lowest BCUT2D eigenvalue weighted by Crippen LogP contribution is -2.34. The van der Waals surface area contributed by atoms with Crippen LogP contribution < -0.4 is 10.6 Å². The number of benzene rings is 2. The number of likely N-dealkylation sites (N-methyl/N-ethyl adjacent to an activating group) is 1. The minimum absolute atomic E-state index is 0.0296. The molecule has 3 rings (SSSR count). The Balaban J connectivity index is 1.72. The van der Waals surface area contributed by atoms with E-state index >= 15 is 0 Å². The highest BCUT2D eigenvalue weighted by Gasteiger charge is 2.23. The maximum Gasteiger partial charge on any atom is 0.253 e. The third kappa shape index (κ3) is 4.23. The number of nitrogens with one attached hydrogen (secondary N) is 2. The summed E-state index contributed by atoms with van der Waals surface area (Å²) >= 11 is 0. The summed E-state index contributed by atoms with van der Waals surface area (Å²) in [6.45, 7) is 4.05. The van der Waals surface area contributed by atoms with Crippen LogP contribution in [-0.4, -0.2) is 36.2 Å². The van der Waals surface area contributed by atoms with E-state index in [1.165, 1.54) is 6.08 Å². The number of fused-ring (bicyclic) bond motifs is 1. The second-order valence-corrected chi connectivity index (χ2v) is 6.43. The van der Waals surface area contributed by atoms with Gasteiger partial charge in [0.1, 0.15) is 0 Å². The summed E-state index contributed by atoms with van der Waals surface area (Å²) in [6, 6.07) is 12.5. The van der Waals surface area contributed by atoms with Crippen LogP contribution in [0.15, 0.2) is 55.1 Å². The average molecular weight is 363 g/mol. The fraction of sp³-hybridized carbons (Fsp3) is 0.190. The molecule has 6 heteroatoms. The van der Waals surface area contributed by atoms with Crippen LogP contribution in [0.4, 0.5) is 11.4 Å². The second-order valence-electron chi connectivity index (χ2n) is 6.43. The Kier molecular flexibility index (Phi) is 5.35. The Morgan fingerprint density at radius 2 is 1.96 bits per heavy atom. The highest BCUT2D eigenvalue weighted by Crippen LogP contribution is 2.26. The molecule has 1 heterocycles. The first-order chi connectivity index (χ1) is 13.0. The molecule has 1 aliphatic rings. The molecule has 0 unspecified atom stereocenters. The van der Waals surface area contributed by atoms with Crippen LogP contribution in [0.25, 0.3) is 0 Å². The van der Waals surface area contributed by atoms with Gasteiger partial charge in [-0.15, -0.1) is 0 Å². The highest BCUT2D eigenvalue weighted by molar-refractivity contribution is 6.01. The first kappa shape index (κ1) is 18.4. The van der Waals surface area contributed by atoms with Crippen LogP contribution in [0.3, 0.4) is 0 Å². The van der Waals surface area contributed by atoms with Gasteiger partial charge in [-0.1, -0.05) is 24.8 Å². The van der Waals surface area contributed by atoms with Gasteiger partial charge in [-0.05, 0) is 47.9 Å². The molecule has 0 saturated heterocycles. The van der Waals surface area contributed by atoms with E-state index in [2.05, 4.69) is 17.2 Å². The SMILES string of the molecule is C=CC(=O)Nc1cccc(CC(=O)Nc2cccc3c2CCN(C)C3=O)c1. The van der Waals surface area contributed by atoms with Gasteiger partial charge in [0.05, 0.1) is 6.42 Å². The van der Waals surface area contributed by atoms with E-state index in [1.54, 1.807) is 42.3 Å². The minimum Gasteiger partial charge on any atom is -0.341 e. The fourth-order valence-electron chi connectivity index (χ4n) is 3.09. The maximum absolute atomic E-state index is 12.5. The van der Waals surface area contributed by atoms with Crippen molar-refractivity contribution in [2.75, 3.05) is 24.2 Å². The molecule has 0 radical (unpaired) electrons. The summed E-state index contributed by atoms with van der Waals surface area (Å²) in [4.78, 5) is 37.8. The van der Waals surface area contributed by atoms with Crippen molar-refractivity contribution in [1.82, 2.24) is 4.90 Å². The molecule has 0 saturated carbocycles. The Bertz CT molecular complexity index is 921. The zero-order valence-electron chi connectivity index (χ0n) is 15.1. The van der Waals surface area contributed by atoms with Gasteiger partial charge in [-0.3, -0.25) is 14.4 Å². The average Bonchev–Trinajstić information content (AvgIpc) is 2.65. The lowest BCUT2D eigenvalue weighted by molar-refractivity contribution is -0.115. The van der Waals surface area contributed by atoms with Crippen molar-refractivity contribution in [2.45, 2.75) is 12.8 Å². The van der Waals surface area contributed by atoms with Crippen molar-refractivity contribution in [3.05, 3.63) is 71.8 Å². The van der Waals surface area contributed by atoms with Gasteiger partial charge >= 0.3 is 0 Å². The number of amides is 3. The molecule has 3 amide bonds. The molecule has 0 fully saturated rings. The van der Waals surface area contributed by atoms with E-state index in [-0.39, 0.29) is 24.1 Å². The molecule has 0 bridgehead atoms. The fourth-order valence-corrected chi connectivity index (χ4v) is 3.09. The quantitative estimate of drug-likeness (QED) is 0.802. The predicted octanol–water partition coefficient (Wildman–Crippen LogP) is 2.62. The number of carbonyl (C=O) groups is 3. The van der Waals surface area contributed by atoms with Crippen molar-refractivity contribution >= 4 is 29.1 Å². The van der Waals surface area contributed by atoms with Gasteiger partial charge < -0.3 is 15.5 Å². The molecule has 0 atom stereocenters. The van der Waals surface area contributed by atoms with Crippen LogP contribution in [0, 0.1) is 0 Å². The predicted molar refractivity (Wildman–Crippen MR) is 105 cm³/mol. The number of hydrogen-bond donors (Lipinski definition) is 2. The Labute approximate surface area is 157 Å². The van der Waals surface area contributed by atoms with Crippen LogP contribution in [0.2, 0.25) is 0 Å². The topological polar surface area (TPSA) is 78.5 Å². The first-order valence-electron chi connectivity index (χ1n) is 8.67. The molecule has 6 nitrogen and oxygen atoms in total. The maximum atomic E-state index is 12.5. The van der Waals surface area contributed by atoms with Crippen LogP contribution in [-0.2, 0) is 22.4 Å². The number of hydrogen-bond acceptors (Lipinski definition) is 3. The molecular weight excluding hydrogens is 342 g/mol. The Morgan fingerprint density at radius 1 is 1.19 bits per heavy atom.